The average molecular weight is 223 g/mol. The highest BCUT2D eigenvalue weighted by Gasteiger charge is 2.28. The Balaban J connectivity index is 1.83. The van der Waals surface area contributed by atoms with Crippen molar-refractivity contribution in [2.45, 2.75) is 32.4 Å². The number of aromatic amines is 1. The van der Waals surface area contributed by atoms with Gasteiger partial charge in [-0.15, -0.1) is 0 Å². The summed E-state index contributed by atoms with van der Waals surface area (Å²) in [6.07, 6.45) is 5.31. The van der Waals surface area contributed by atoms with E-state index < -0.39 is 0 Å². The van der Waals surface area contributed by atoms with Gasteiger partial charge >= 0.3 is 0 Å². The van der Waals surface area contributed by atoms with E-state index in [4.69, 9.17) is 4.74 Å². The van der Waals surface area contributed by atoms with Crippen molar-refractivity contribution in [1.82, 2.24) is 15.3 Å². The van der Waals surface area contributed by atoms with Crippen molar-refractivity contribution in [1.29, 1.82) is 0 Å². The maximum Gasteiger partial charge on any atom is 0.226 e. The summed E-state index contributed by atoms with van der Waals surface area (Å²) in [7, 11) is 0. The zero-order valence-electron chi connectivity index (χ0n) is 9.40. The molecule has 0 saturated carbocycles. The molecule has 0 spiro atoms. The number of imidazole rings is 1. The standard InChI is InChI=1S/C11H17N3O2/c1-8-9(3-2-6-16-8)11(15)14-7-10-12-4-5-13-10/h4-5,8-9H,2-3,6-7H2,1H3,(H,12,13)(H,14,15)/t8-,9+/m0/s1. The summed E-state index contributed by atoms with van der Waals surface area (Å²) in [6, 6.07) is 0. The smallest absolute Gasteiger partial charge is 0.226 e. The van der Waals surface area contributed by atoms with E-state index in [0.717, 1.165) is 25.3 Å². The lowest BCUT2D eigenvalue weighted by molar-refractivity contribution is -0.133. The van der Waals surface area contributed by atoms with Crippen LogP contribution in [-0.2, 0) is 16.1 Å². The Morgan fingerprint density at radius 1 is 1.75 bits per heavy atom. The molecule has 16 heavy (non-hydrogen) atoms. The third-order valence-electron chi connectivity index (χ3n) is 2.93. The lowest BCUT2D eigenvalue weighted by Gasteiger charge is -2.27. The quantitative estimate of drug-likeness (QED) is 0.798. The van der Waals surface area contributed by atoms with E-state index in [2.05, 4.69) is 15.3 Å². The molecule has 1 saturated heterocycles. The fourth-order valence-electron chi connectivity index (χ4n) is 1.96. The van der Waals surface area contributed by atoms with Gasteiger partial charge in [0.25, 0.3) is 0 Å². The number of carbonyl (C=O) groups is 1. The minimum atomic E-state index is -0.0243. The van der Waals surface area contributed by atoms with Crippen molar-refractivity contribution in [2.24, 2.45) is 5.92 Å². The third-order valence-corrected chi connectivity index (χ3v) is 2.93. The van der Waals surface area contributed by atoms with Gasteiger partial charge in [-0.2, -0.15) is 0 Å². The first-order valence-electron chi connectivity index (χ1n) is 5.65. The summed E-state index contributed by atoms with van der Waals surface area (Å²) in [6.45, 7) is 3.18. The average Bonchev–Trinajstić information content (AvgIpc) is 2.79. The molecule has 5 heteroatoms. The highest BCUT2D eigenvalue weighted by Crippen LogP contribution is 2.20. The minimum absolute atomic E-state index is 0.0188. The highest BCUT2D eigenvalue weighted by atomic mass is 16.5. The number of nitrogens with zero attached hydrogens (tertiary/aromatic N) is 1. The molecule has 2 rings (SSSR count). The van der Waals surface area contributed by atoms with Crippen LogP contribution >= 0.6 is 0 Å². The van der Waals surface area contributed by atoms with Crippen LogP contribution in [0.15, 0.2) is 12.4 Å². The lowest BCUT2D eigenvalue weighted by Crippen LogP contribution is -2.40. The van der Waals surface area contributed by atoms with E-state index in [-0.39, 0.29) is 17.9 Å². The van der Waals surface area contributed by atoms with Crippen LogP contribution in [0.4, 0.5) is 0 Å². The number of rotatable bonds is 3. The molecule has 2 atom stereocenters. The van der Waals surface area contributed by atoms with Crippen LogP contribution in [0.3, 0.4) is 0 Å². The molecule has 5 nitrogen and oxygen atoms in total. The summed E-state index contributed by atoms with van der Waals surface area (Å²) >= 11 is 0. The van der Waals surface area contributed by atoms with Gasteiger partial charge in [0.1, 0.15) is 5.82 Å². The van der Waals surface area contributed by atoms with Crippen LogP contribution in [0.25, 0.3) is 0 Å². The van der Waals surface area contributed by atoms with Gasteiger partial charge in [0.15, 0.2) is 0 Å². The van der Waals surface area contributed by atoms with Crippen LogP contribution < -0.4 is 5.32 Å². The molecule has 1 aromatic rings. The third kappa shape index (κ3) is 2.61. The zero-order valence-corrected chi connectivity index (χ0v) is 9.40. The highest BCUT2D eigenvalue weighted by molar-refractivity contribution is 5.79. The second-order valence-corrected chi connectivity index (χ2v) is 4.08. The van der Waals surface area contributed by atoms with E-state index in [1.54, 1.807) is 12.4 Å². The van der Waals surface area contributed by atoms with Gasteiger partial charge in [-0.25, -0.2) is 4.98 Å². The summed E-state index contributed by atoms with van der Waals surface area (Å²) in [4.78, 5) is 18.9. The Bertz CT molecular complexity index is 337. The predicted octanol–water partition coefficient (Wildman–Crippen LogP) is 0.841. The fraction of sp³-hybridized carbons (Fsp3) is 0.636. The number of nitrogens with one attached hydrogen (secondary N) is 2. The van der Waals surface area contributed by atoms with Crippen LogP contribution in [0.1, 0.15) is 25.6 Å². The number of hydrogen-bond donors (Lipinski definition) is 2. The number of carbonyl (C=O) groups excluding carboxylic acids is 1. The van der Waals surface area contributed by atoms with Gasteiger partial charge in [-0.05, 0) is 19.8 Å². The number of ether oxygens (including phenoxy) is 1. The van der Waals surface area contributed by atoms with E-state index in [0.29, 0.717) is 6.54 Å². The Morgan fingerprint density at radius 3 is 3.31 bits per heavy atom. The largest absolute Gasteiger partial charge is 0.378 e. The van der Waals surface area contributed by atoms with Gasteiger partial charge in [0.2, 0.25) is 5.91 Å². The fourth-order valence-corrected chi connectivity index (χ4v) is 1.96. The van der Waals surface area contributed by atoms with E-state index in [1.165, 1.54) is 0 Å². The second kappa shape index (κ2) is 5.12. The first-order valence-corrected chi connectivity index (χ1v) is 5.65. The summed E-state index contributed by atoms with van der Waals surface area (Å²) < 4.78 is 5.46. The molecule has 1 fully saturated rings. The molecular formula is C11H17N3O2. The molecule has 1 aliphatic heterocycles. The van der Waals surface area contributed by atoms with E-state index >= 15 is 0 Å². The minimum Gasteiger partial charge on any atom is -0.378 e. The molecule has 0 aromatic carbocycles. The van der Waals surface area contributed by atoms with Crippen molar-refractivity contribution in [3.8, 4) is 0 Å². The molecule has 2 N–H and O–H groups in total. The summed E-state index contributed by atoms with van der Waals surface area (Å²) in [5, 5.41) is 2.87. The number of hydrogen-bond acceptors (Lipinski definition) is 3. The SMILES string of the molecule is C[C@@H]1OCCC[C@H]1C(=O)NCc1ncc[nH]1. The summed E-state index contributed by atoms with van der Waals surface area (Å²) in [5.74, 6) is 0.810. The zero-order chi connectivity index (χ0) is 11.4. The lowest BCUT2D eigenvalue weighted by atomic mass is 9.94. The maximum absolute atomic E-state index is 11.9. The van der Waals surface area contributed by atoms with E-state index in [1.807, 2.05) is 6.92 Å². The molecular weight excluding hydrogens is 206 g/mol. The maximum atomic E-state index is 11.9. The van der Waals surface area contributed by atoms with Gasteiger partial charge in [-0.1, -0.05) is 0 Å². The Hall–Kier alpha value is -1.36. The predicted molar refractivity (Wildman–Crippen MR) is 58.6 cm³/mol. The van der Waals surface area contributed by atoms with Gasteiger partial charge in [0.05, 0.1) is 18.6 Å². The Labute approximate surface area is 94.6 Å². The van der Waals surface area contributed by atoms with Crippen LogP contribution in [0.2, 0.25) is 0 Å². The van der Waals surface area contributed by atoms with Crippen molar-refractivity contribution in [2.75, 3.05) is 6.61 Å². The Morgan fingerprint density at radius 2 is 2.62 bits per heavy atom. The van der Waals surface area contributed by atoms with Crippen molar-refractivity contribution in [3.05, 3.63) is 18.2 Å². The van der Waals surface area contributed by atoms with E-state index in [9.17, 15) is 4.79 Å². The summed E-state index contributed by atoms with van der Waals surface area (Å²) in [5.41, 5.74) is 0. The van der Waals surface area contributed by atoms with Crippen molar-refractivity contribution >= 4 is 5.91 Å². The molecule has 0 unspecified atom stereocenters. The number of aromatic nitrogens is 2. The molecule has 2 heterocycles. The number of amides is 1. The van der Waals surface area contributed by atoms with Crippen molar-refractivity contribution < 1.29 is 9.53 Å². The van der Waals surface area contributed by atoms with Crippen LogP contribution in [-0.4, -0.2) is 28.6 Å². The molecule has 1 aliphatic rings. The van der Waals surface area contributed by atoms with Crippen LogP contribution in [0.5, 0.6) is 0 Å². The second-order valence-electron chi connectivity index (χ2n) is 4.08. The monoisotopic (exact) mass is 223 g/mol. The van der Waals surface area contributed by atoms with Gasteiger partial charge in [0, 0.05) is 19.0 Å². The molecule has 0 radical (unpaired) electrons. The first-order chi connectivity index (χ1) is 7.77. The van der Waals surface area contributed by atoms with Crippen molar-refractivity contribution in [3.63, 3.8) is 0 Å². The topological polar surface area (TPSA) is 67.0 Å². The van der Waals surface area contributed by atoms with Crippen LogP contribution in [0, 0.1) is 5.92 Å². The first kappa shape index (κ1) is 11.1. The Kier molecular flexibility index (Phi) is 3.56. The molecule has 1 amide bonds. The van der Waals surface area contributed by atoms with Gasteiger partial charge < -0.3 is 15.0 Å². The molecule has 1 aromatic heterocycles. The number of H-pyrrole nitrogens is 1. The molecule has 0 bridgehead atoms. The normalized spacial score (nSPS) is 25.3. The van der Waals surface area contributed by atoms with Gasteiger partial charge in [-0.3, -0.25) is 4.79 Å². The molecule has 0 aliphatic carbocycles. The molecule has 88 valence electrons.